The Kier molecular flexibility index (Phi) is 4.10. The minimum Gasteiger partial charge on any atom is -0.381 e. The van der Waals surface area contributed by atoms with Crippen LogP contribution in [0.25, 0.3) is 0 Å². The van der Waals surface area contributed by atoms with Crippen LogP contribution < -0.4 is 5.32 Å². The van der Waals surface area contributed by atoms with Gasteiger partial charge in [-0.15, -0.1) is 0 Å². The molecule has 0 aliphatic rings. The molecule has 0 bridgehead atoms. The lowest BCUT2D eigenvalue weighted by atomic mass is 10.1. The maximum absolute atomic E-state index is 13.3. The van der Waals surface area contributed by atoms with E-state index in [0.717, 1.165) is 16.8 Å². The molecule has 2 rings (SSSR count). The van der Waals surface area contributed by atoms with Gasteiger partial charge in [0.15, 0.2) is 0 Å². The van der Waals surface area contributed by atoms with Crippen LogP contribution in [0.4, 0.5) is 10.1 Å². The third kappa shape index (κ3) is 2.77. The van der Waals surface area contributed by atoms with Crippen LogP contribution in [0.2, 0.25) is 10.0 Å². The van der Waals surface area contributed by atoms with Crippen molar-refractivity contribution in [3.8, 4) is 0 Å². The lowest BCUT2D eigenvalue weighted by Gasteiger charge is -2.11. The smallest absolute Gasteiger partial charge is 0.142 e. The van der Waals surface area contributed by atoms with Crippen molar-refractivity contribution < 1.29 is 4.39 Å². The Labute approximate surface area is 116 Å². The molecule has 1 nitrogen and oxygen atoms in total. The third-order valence-corrected chi connectivity index (χ3v) is 3.60. The molecule has 0 unspecified atom stereocenters. The maximum atomic E-state index is 13.3. The molecule has 0 heterocycles. The van der Waals surface area contributed by atoms with Gasteiger partial charge in [0.05, 0.1) is 5.02 Å². The summed E-state index contributed by atoms with van der Waals surface area (Å²) in [4.78, 5) is 0. The Morgan fingerprint density at radius 3 is 2.61 bits per heavy atom. The van der Waals surface area contributed by atoms with Crippen LogP contribution in [0, 0.1) is 12.7 Å². The molecule has 0 aliphatic carbocycles. The standard InChI is InChI=1S/C14H12Cl2FN/c1-9-11(15)5-3-7-13(9)18-8-10-4-2-6-12(17)14(10)16/h2-7,18H,8H2,1H3. The molecule has 0 spiro atoms. The summed E-state index contributed by atoms with van der Waals surface area (Å²) in [5, 5.41) is 4.06. The third-order valence-electron chi connectivity index (χ3n) is 2.77. The van der Waals surface area contributed by atoms with Gasteiger partial charge in [0, 0.05) is 17.3 Å². The van der Waals surface area contributed by atoms with Crippen LogP contribution in [-0.2, 0) is 6.54 Å². The van der Waals surface area contributed by atoms with E-state index in [2.05, 4.69) is 5.32 Å². The molecule has 1 N–H and O–H groups in total. The molecule has 4 heteroatoms. The molecule has 0 saturated heterocycles. The van der Waals surface area contributed by atoms with Crippen molar-refractivity contribution >= 4 is 28.9 Å². The van der Waals surface area contributed by atoms with E-state index >= 15 is 0 Å². The average molecular weight is 284 g/mol. The molecule has 0 amide bonds. The van der Waals surface area contributed by atoms with Gasteiger partial charge in [0.25, 0.3) is 0 Å². The number of anilines is 1. The van der Waals surface area contributed by atoms with Crippen LogP contribution >= 0.6 is 23.2 Å². The molecule has 2 aromatic rings. The van der Waals surface area contributed by atoms with Crippen molar-refractivity contribution in [1.82, 2.24) is 0 Å². The number of halogens is 3. The molecular formula is C14H12Cl2FN. The number of nitrogens with one attached hydrogen (secondary N) is 1. The van der Waals surface area contributed by atoms with Gasteiger partial charge >= 0.3 is 0 Å². The Morgan fingerprint density at radius 1 is 1.11 bits per heavy atom. The number of benzene rings is 2. The van der Waals surface area contributed by atoms with Gasteiger partial charge in [0.1, 0.15) is 5.82 Å². The van der Waals surface area contributed by atoms with Gasteiger partial charge in [-0.2, -0.15) is 0 Å². The second-order valence-electron chi connectivity index (χ2n) is 3.98. The molecule has 94 valence electrons. The summed E-state index contributed by atoms with van der Waals surface area (Å²) < 4.78 is 13.3. The maximum Gasteiger partial charge on any atom is 0.142 e. The number of hydrogen-bond donors (Lipinski definition) is 1. The van der Waals surface area contributed by atoms with E-state index in [1.54, 1.807) is 12.1 Å². The summed E-state index contributed by atoms with van der Waals surface area (Å²) >= 11 is 11.9. The molecular weight excluding hydrogens is 272 g/mol. The van der Waals surface area contributed by atoms with Crippen molar-refractivity contribution in [2.75, 3.05) is 5.32 Å². The predicted octanol–water partition coefficient (Wildman–Crippen LogP) is 5.05. The zero-order chi connectivity index (χ0) is 13.1. The van der Waals surface area contributed by atoms with Crippen molar-refractivity contribution in [3.63, 3.8) is 0 Å². The minimum absolute atomic E-state index is 0.157. The van der Waals surface area contributed by atoms with Crippen molar-refractivity contribution in [2.45, 2.75) is 13.5 Å². The molecule has 18 heavy (non-hydrogen) atoms. The van der Waals surface area contributed by atoms with Gasteiger partial charge in [-0.3, -0.25) is 0 Å². The Hall–Kier alpha value is -1.25. The van der Waals surface area contributed by atoms with Gasteiger partial charge in [-0.1, -0.05) is 41.4 Å². The first-order chi connectivity index (χ1) is 8.59. The summed E-state index contributed by atoms with van der Waals surface area (Å²) in [7, 11) is 0. The fourth-order valence-corrected chi connectivity index (χ4v) is 2.04. The average Bonchev–Trinajstić information content (AvgIpc) is 2.36. The molecule has 0 aliphatic heterocycles. The highest BCUT2D eigenvalue weighted by Gasteiger charge is 2.06. The first-order valence-corrected chi connectivity index (χ1v) is 6.27. The van der Waals surface area contributed by atoms with Crippen molar-refractivity contribution in [2.24, 2.45) is 0 Å². The van der Waals surface area contributed by atoms with Crippen LogP contribution in [0.5, 0.6) is 0 Å². The highest BCUT2D eigenvalue weighted by molar-refractivity contribution is 6.32. The van der Waals surface area contributed by atoms with E-state index in [4.69, 9.17) is 23.2 Å². The number of hydrogen-bond acceptors (Lipinski definition) is 1. The lowest BCUT2D eigenvalue weighted by Crippen LogP contribution is -2.02. The van der Waals surface area contributed by atoms with E-state index in [1.165, 1.54) is 6.07 Å². The summed E-state index contributed by atoms with van der Waals surface area (Å²) in [5.41, 5.74) is 2.60. The largest absolute Gasteiger partial charge is 0.381 e. The predicted molar refractivity (Wildman–Crippen MR) is 74.9 cm³/mol. The molecule has 0 aromatic heterocycles. The highest BCUT2D eigenvalue weighted by atomic mass is 35.5. The molecule has 0 atom stereocenters. The van der Waals surface area contributed by atoms with Gasteiger partial charge in [-0.05, 0) is 36.2 Å². The summed E-state index contributed by atoms with van der Waals surface area (Å²) in [6.07, 6.45) is 0. The van der Waals surface area contributed by atoms with Crippen LogP contribution in [0.3, 0.4) is 0 Å². The topological polar surface area (TPSA) is 12.0 Å². The van der Waals surface area contributed by atoms with E-state index in [9.17, 15) is 4.39 Å². The molecule has 0 radical (unpaired) electrons. The van der Waals surface area contributed by atoms with E-state index in [-0.39, 0.29) is 5.02 Å². The second kappa shape index (κ2) is 5.59. The summed E-state index contributed by atoms with van der Waals surface area (Å²) in [6.45, 7) is 2.38. The Morgan fingerprint density at radius 2 is 1.83 bits per heavy atom. The summed E-state index contributed by atoms with van der Waals surface area (Å²) in [6, 6.07) is 10.4. The fourth-order valence-electron chi connectivity index (χ4n) is 1.67. The zero-order valence-corrected chi connectivity index (χ0v) is 11.3. The van der Waals surface area contributed by atoms with Crippen molar-refractivity contribution in [1.29, 1.82) is 0 Å². The van der Waals surface area contributed by atoms with E-state index in [0.29, 0.717) is 11.6 Å². The Balaban J connectivity index is 2.17. The van der Waals surface area contributed by atoms with E-state index in [1.807, 2.05) is 25.1 Å². The molecule has 0 fully saturated rings. The van der Waals surface area contributed by atoms with Crippen LogP contribution in [0.15, 0.2) is 36.4 Å². The minimum atomic E-state index is -0.404. The summed E-state index contributed by atoms with van der Waals surface area (Å²) in [5.74, 6) is -0.404. The monoisotopic (exact) mass is 283 g/mol. The number of rotatable bonds is 3. The van der Waals surface area contributed by atoms with Crippen LogP contribution in [-0.4, -0.2) is 0 Å². The highest BCUT2D eigenvalue weighted by Crippen LogP contribution is 2.25. The zero-order valence-electron chi connectivity index (χ0n) is 9.81. The SMILES string of the molecule is Cc1c(Cl)cccc1NCc1cccc(F)c1Cl. The van der Waals surface area contributed by atoms with Gasteiger partial charge < -0.3 is 5.32 Å². The van der Waals surface area contributed by atoms with Gasteiger partial charge in [-0.25, -0.2) is 4.39 Å². The Bertz CT molecular complexity index is 518. The first kappa shape index (κ1) is 13.2. The molecule has 0 saturated carbocycles. The van der Waals surface area contributed by atoms with Gasteiger partial charge in [0.2, 0.25) is 0 Å². The van der Waals surface area contributed by atoms with Crippen LogP contribution in [0.1, 0.15) is 11.1 Å². The lowest BCUT2D eigenvalue weighted by molar-refractivity contribution is 0.626. The first-order valence-electron chi connectivity index (χ1n) is 5.51. The molecule has 2 aromatic carbocycles. The van der Waals surface area contributed by atoms with E-state index < -0.39 is 5.82 Å². The normalized spacial score (nSPS) is 10.4. The fraction of sp³-hybridized carbons (Fsp3) is 0.143. The second-order valence-corrected chi connectivity index (χ2v) is 4.76. The quantitative estimate of drug-likeness (QED) is 0.831. The van der Waals surface area contributed by atoms with Crippen molar-refractivity contribution in [3.05, 3.63) is 63.4 Å².